The molecule has 2 heterocycles. The fraction of sp³-hybridized carbons (Fsp3) is 0.545. The van der Waals surface area contributed by atoms with Gasteiger partial charge in [-0.3, -0.25) is 0 Å². The molecule has 1 aliphatic rings. The molecule has 3 nitrogen and oxygen atoms in total. The average molecular weight is 225 g/mol. The lowest BCUT2D eigenvalue weighted by molar-refractivity contribution is 0.0702. The molecule has 0 amide bonds. The molecule has 2 rings (SSSR count). The monoisotopic (exact) mass is 225 g/mol. The Morgan fingerprint density at radius 1 is 1.47 bits per heavy atom. The summed E-state index contributed by atoms with van der Waals surface area (Å²) in [5.74, 6) is -0.0169. The predicted octanol–water partition coefficient (Wildman–Crippen LogP) is 2.68. The highest BCUT2D eigenvalue weighted by Gasteiger charge is 2.18. The van der Waals surface area contributed by atoms with E-state index in [0.717, 1.165) is 24.0 Å². The van der Waals surface area contributed by atoms with Crippen LogP contribution in [-0.2, 0) is 0 Å². The molecule has 1 aromatic heterocycles. The second kappa shape index (κ2) is 4.23. The molecule has 0 aromatic carbocycles. The Hall–Kier alpha value is -1.03. The molecule has 1 aromatic rings. The zero-order valence-corrected chi connectivity index (χ0v) is 9.59. The highest BCUT2D eigenvalue weighted by atomic mass is 32.1. The van der Waals surface area contributed by atoms with Gasteiger partial charge in [-0.15, -0.1) is 11.3 Å². The molecule has 0 unspecified atom stereocenters. The fourth-order valence-corrected chi connectivity index (χ4v) is 2.74. The minimum atomic E-state index is -0.823. The van der Waals surface area contributed by atoms with Gasteiger partial charge >= 0.3 is 5.97 Å². The van der Waals surface area contributed by atoms with Crippen LogP contribution in [0, 0.1) is 5.92 Å². The predicted molar refractivity (Wildman–Crippen MR) is 61.9 cm³/mol. The van der Waals surface area contributed by atoms with E-state index < -0.39 is 5.97 Å². The lowest BCUT2D eigenvalue weighted by Crippen LogP contribution is -2.32. The van der Waals surface area contributed by atoms with Crippen LogP contribution < -0.4 is 4.90 Å². The molecular weight excluding hydrogens is 210 g/mol. The Bertz CT molecular complexity index is 353. The van der Waals surface area contributed by atoms with Gasteiger partial charge in [-0.1, -0.05) is 6.92 Å². The summed E-state index contributed by atoms with van der Waals surface area (Å²) in [6, 6.07) is 3.62. The maximum Gasteiger partial charge on any atom is 0.345 e. The van der Waals surface area contributed by atoms with E-state index in [9.17, 15) is 4.79 Å². The summed E-state index contributed by atoms with van der Waals surface area (Å²) in [4.78, 5) is 13.5. The standard InChI is InChI=1S/C11H15NO2S/c1-8-4-6-12(7-5-8)10-3-2-9(15-10)11(13)14/h2-3,8H,4-7H2,1H3,(H,13,14). The fourth-order valence-electron chi connectivity index (χ4n) is 1.84. The number of carboxylic acids is 1. The Kier molecular flexibility index (Phi) is 2.95. The van der Waals surface area contributed by atoms with Crippen LogP contribution in [0.3, 0.4) is 0 Å². The normalized spacial score (nSPS) is 18.1. The molecule has 0 bridgehead atoms. The van der Waals surface area contributed by atoms with Crippen molar-refractivity contribution in [3.63, 3.8) is 0 Å². The lowest BCUT2D eigenvalue weighted by atomic mass is 10.00. The van der Waals surface area contributed by atoms with E-state index in [-0.39, 0.29) is 0 Å². The molecular formula is C11H15NO2S. The number of hydrogen-bond acceptors (Lipinski definition) is 3. The van der Waals surface area contributed by atoms with E-state index in [1.165, 1.54) is 24.2 Å². The number of piperidine rings is 1. The van der Waals surface area contributed by atoms with Crippen LogP contribution in [0.25, 0.3) is 0 Å². The van der Waals surface area contributed by atoms with Gasteiger partial charge in [0.1, 0.15) is 4.88 Å². The smallest absolute Gasteiger partial charge is 0.345 e. The van der Waals surface area contributed by atoms with Gasteiger partial charge in [0.05, 0.1) is 5.00 Å². The molecule has 15 heavy (non-hydrogen) atoms. The largest absolute Gasteiger partial charge is 0.477 e. The molecule has 4 heteroatoms. The quantitative estimate of drug-likeness (QED) is 0.841. The number of rotatable bonds is 2. The second-order valence-corrected chi connectivity index (χ2v) is 5.17. The SMILES string of the molecule is CC1CCN(c2ccc(C(=O)O)s2)CC1. The van der Waals surface area contributed by atoms with Crippen molar-refractivity contribution in [1.29, 1.82) is 0 Å². The highest BCUT2D eigenvalue weighted by Crippen LogP contribution is 2.29. The third-order valence-electron chi connectivity index (χ3n) is 2.90. The number of hydrogen-bond donors (Lipinski definition) is 1. The number of nitrogens with zero attached hydrogens (tertiary/aromatic N) is 1. The van der Waals surface area contributed by atoms with Crippen molar-refractivity contribution in [2.45, 2.75) is 19.8 Å². The molecule has 82 valence electrons. The van der Waals surface area contributed by atoms with E-state index in [1.54, 1.807) is 6.07 Å². The second-order valence-electron chi connectivity index (χ2n) is 4.11. The molecule has 0 saturated carbocycles. The van der Waals surface area contributed by atoms with Gasteiger partial charge in [0, 0.05) is 13.1 Å². The van der Waals surface area contributed by atoms with Crippen LogP contribution in [0.4, 0.5) is 5.00 Å². The maximum atomic E-state index is 10.7. The molecule has 1 aliphatic heterocycles. The first-order chi connectivity index (χ1) is 7.16. The van der Waals surface area contributed by atoms with Crippen molar-refractivity contribution in [3.05, 3.63) is 17.0 Å². The van der Waals surface area contributed by atoms with Gasteiger partial charge in [0.15, 0.2) is 0 Å². The van der Waals surface area contributed by atoms with Crippen molar-refractivity contribution in [2.75, 3.05) is 18.0 Å². The molecule has 0 spiro atoms. The van der Waals surface area contributed by atoms with Crippen LogP contribution in [0.5, 0.6) is 0 Å². The summed E-state index contributed by atoms with van der Waals surface area (Å²) >= 11 is 1.38. The molecule has 0 radical (unpaired) electrons. The van der Waals surface area contributed by atoms with E-state index in [1.807, 2.05) is 6.07 Å². The molecule has 0 atom stereocenters. The van der Waals surface area contributed by atoms with Gasteiger partial charge in [-0.05, 0) is 30.9 Å². The number of anilines is 1. The summed E-state index contributed by atoms with van der Waals surface area (Å²) < 4.78 is 0. The van der Waals surface area contributed by atoms with Crippen LogP contribution in [-0.4, -0.2) is 24.2 Å². The van der Waals surface area contributed by atoms with Gasteiger partial charge in [-0.25, -0.2) is 4.79 Å². The van der Waals surface area contributed by atoms with Crippen molar-refractivity contribution in [3.8, 4) is 0 Å². The van der Waals surface area contributed by atoms with Crippen molar-refractivity contribution < 1.29 is 9.90 Å². The van der Waals surface area contributed by atoms with Gasteiger partial charge < -0.3 is 10.0 Å². The summed E-state index contributed by atoms with van der Waals surface area (Å²) in [5, 5.41) is 9.93. The summed E-state index contributed by atoms with van der Waals surface area (Å²) in [6.45, 7) is 4.38. The molecule has 0 aliphatic carbocycles. The maximum absolute atomic E-state index is 10.7. The first kappa shape index (κ1) is 10.5. The van der Waals surface area contributed by atoms with E-state index in [0.29, 0.717) is 4.88 Å². The van der Waals surface area contributed by atoms with Crippen molar-refractivity contribution >= 4 is 22.3 Å². The van der Waals surface area contributed by atoms with Crippen LogP contribution in [0.2, 0.25) is 0 Å². The van der Waals surface area contributed by atoms with E-state index in [4.69, 9.17) is 5.11 Å². The Balaban J connectivity index is 2.06. The summed E-state index contributed by atoms with van der Waals surface area (Å²) in [5.41, 5.74) is 0. The number of aromatic carboxylic acids is 1. The average Bonchev–Trinajstić information content (AvgIpc) is 2.68. The lowest BCUT2D eigenvalue weighted by Gasteiger charge is -2.30. The summed E-state index contributed by atoms with van der Waals surface area (Å²) in [7, 11) is 0. The van der Waals surface area contributed by atoms with Crippen molar-refractivity contribution in [2.24, 2.45) is 5.92 Å². The van der Waals surface area contributed by atoms with E-state index >= 15 is 0 Å². The number of thiophene rings is 1. The van der Waals surface area contributed by atoms with Gasteiger partial charge in [0.2, 0.25) is 0 Å². The van der Waals surface area contributed by atoms with Gasteiger partial charge in [0.25, 0.3) is 0 Å². The highest BCUT2D eigenvalue weighted by molar-refractivity contribution is 7.17. The van der Waals surface area contributed by atoms with Crippen LogP contribution in [0.1, 0.15) is 29.4 Å². The number of carbonyl (C=O) groups is 1. The number of carboxylic acid groups (broad SMARTS) is 1. The first-order valence-electron chi connectivity index (χ1n) is 5.25. The zero-order chi connectivity index (χ0) is 10.8. The first-order valence-corrected chi connectivity index (χ1v) is 6.06. The minimum absolute atomic E-state index is 0.434. The Labute approximate surface area is 93.3 Å². The summed E-state index contributed by atoms with van der Waals surface area (Å²) in [6.07, 6.45) is 2.42. The van der Waals surface area contributed by atoms with Crippen LogP contribution >= 0.6 is 11.3 Å². The molecule has 1 N–H and O–H groups in total. The molecule has 1 saturated heterocycles. The van der Waals surface area contributed by atoms with Crippen LogP contribution in [0.15, 0.2) is 12.1 Å². The zero-order valence-electron chi connectivity index (χ0n) is 8.77. The van der Waals surface area contributed by atoms with Crippen molar-refractivity contribution in [1.82, 2.24) is 0 Å². The Morgan fingerprint density at radius 2 is 2.13 bits per heavy atom. The Morgan fingerprint density at radius 3 is 2.67 bits per heavy atom. The third kappa shape index (κ3) is 2.31. The third-order valence-corrected chi connectivity index (χ3v) is 4.03. The minimum Gasteiger partial charge on any atom is -0.477 e. The van der Waals surface area contributed by atoms with Gasteiger partial charge in [-0.2, -0.15) is 0 Å². The van der Waals surface area contributed by atoms with E-state index in [2.05, 4.69) is 11.8 Å². The topological polar surface area (TPSA) is 40.5 Å². The molecule has 1 fully saturated rings.